The number of likely N-dealkylation sites (N-methyl/N-ethyl adjacent to an activating group) is 1. The first kappa shape index (κ1) is 15.0. The summed E-state index contributed by atoms with van der Waals surface area (Å²) in [5.74, 6) is -1.17. The van der Waals surface area contributed by atoms with Gasteiger partial charge in [-0.1, -0.05) is 25.7 Å². The van der Waals surface area contributed by atoms with Crippen molar-refractivity contribution in [3.63, 3.8) is 0 Å². The van der Waals surface area contributed by atoms with Crippen molar-refractivity contribution in [2.45, 2.75) is 45.4 Å². The maximum absolute atomic E-state index is 12.1. The van der Waals surface area contributed by atoms with Crippen LogP contribution < -0.4 is 0 Å². The average Bonchev–Trinajstić information content (AvgIpc) is 2.65. The number of hydrogen-bond donors (Lipinski definition) is 1. The number of allylic oxidation sites excluding steroid dienone is 1. The van der Waals surface area contributed by atoms with E-state index in [4.69, 9.17) is 0 Å². The van der Waals surface area contributed by atoms with E-state index in [1.807, 2.05) is 0 Å². The molecule has 0 aromatic carbocycles. The zero-order valence-corrected chi connectivity index (χ0v) is 12.4. The number of carboxylic acids is 1. The third-order valence-corrected chi connectivity index (χ3v) is 5.29. The smallest absolute Gasteiger partial charge is 0.353 e. The van der Waals surface area contributed by atoms with Crippen LogP contribution in [0.1, 0.15) is 45.4 Å². The molecule has 1 aliphatic carbocycles. The molecule has 0 unspecified atom stereocenters. The molecule has 6 nitrogen and oxygen atoms in total. The van der Waals surface area contributed by atoms with E-state index in [0.717, 1.165) is 42.8 Å². The van der Waals surface area contributed by atoms with E-state index in [2.05, 4.69) is 4.40 Å². The highest BCUT2D eigenvalue weighted by Crippen LogP contribution is 2.28. The van der Waals surface area contributed by atoms with Crippen LogP contribution in [0.5, 0.6) is 0 Å². The zero-order valence-electron chi connectivity index (χ0n) is 11.6. The van der Waals surface area contributed by atoms with Crippen molar-refractivity contribution < 1.29 is 18.3 Å². The first-order valence-corrected chi connectivity index (χ1v) is 8.43. The van der Waals surface area contributed by atoms with Gasteiger partial charge in [0.15, 0.2) is 0 Å². The van der Waals surface area contributed by atoms with Gasteiger partial charge in [-0.25, -0.2) is 9.10 Å². The summed E-state index contributed by atoms with van der Waals surface area (Å²) in [5.41, 5.74) is 0.218. The third kappa shape index (κ3) is 3.03. The van der Waals surface area contributed by atoms with E-state index in [1.54, 1.807) is 6.92 Å². The van der Waals surface area contributed by atoms with E-state index >= 15 is 0 Å². The Labute approximate surface area is 119 Å². The second-order valence-electron chi connectivity index (χ2n) is 5.18. The first-order valence-electron chi connectivity index (χ1n) is 7.03. The van der Waals surface area contributed by atoms with Crippen LogP contribution in [0.15, 0.2) is 16.2 Å². The van der Waals surface area contributed by atoms with Crippen molar-refractivity contribution in [2.24, 2.45) is 10.3 Å². The lowest BCUT2D eigenvalue weighted by atomic mass is 9.94. The van der Waals surface area contributed by atoms with Crippen molar-refractivity contribution in [1.29, 1.82) is 0 Å². The van der Waals surface area contributed by atoms with Gasteiger partial charge in [0, 0.05) is 12.5 Å². The van der Waals surface area contributed by atoms with Gasteiger partial charge in [-0.15, -0.1) is 4.40 Å². The Hall–Kier alpha value is -1.37. The van der Waals surface area contributed by atoms with E-state index < -0.39 is 16.2 Å². The molecule has 0 aromatic rings. The highest BCUT2D eigenvalue weighted by atomic mass is 32.2. The molecule has 0 amide bonds. The minimum absolute atomic E-state index is 0.0561. The number of hydrogen-bond acceptors (Lipinski definition) is 3. The van der Waals surface area contributed by atoms with Gasteiger partial charge in [-0.05, 0) is 25.8 Å². The second kappa shape index (κ2) is 5.95. The molecule has 0 bridgehead atoms. The van der Waals surface area contributed by atoms with Gasteiger partial charge in [0.1, 0.15) is 5.70 Å². The lowest BCUT2D eigenvalue weighted by Gasteiger charge is -2.26. The fourth-order valence-electron chi connectivity index (χ4n) is 2.81. The summed E-state index contributed by atoms with van der Waals surface area (Å²) in [6.07, 6.45) is 7.56. The predicted octanol–water partition coefficient (Wildman–Crippen LogP) is 1.95. The molecule has 20 heavy (non-hydrogen) atoms. The fourth-order valence-corrected chi connectivity index (χ4v) is 4.09. The molecular weight excluding hydrogens is 280 g/mol. The molecule has 1 fully saturated rings. The van der Waals surface area contributed by atoms with Gasteiger partial charge in [0.2, 0.25) is 0 Å². The number of nitrogens with zero attached hydrogens (tertiary/aromatic N) is 2. The van der Waals surface area contributed by atoms with Crippen LogP contribution in [0.25, 0.3) is 0 Å². The Morgan fingerprint density at radius 3 is 2.45 bits per heavy atom. The molecule has 0 saturated heterocycles. The largest absolute Gasteiger partial charge is 0.477 e. The second-order valence-corrected chi connectivity index (χ2v) is 6.70. The van der Waals surface area contributed by atoms with Crippen LogP contribution in [0, 0.1) is 5.92 Å². The van der Waals surface area contributed by atoms with E-state index in [9.17, 15) is 18.3 Å². The van der Waals surface area contributed by atoms with Gasteiger partial charge >= 0.3 is 16.2 Å². The number of carbonyl (C=O) groups is 1. The fraction of sp³-hybridized carbons (Fsp3) is 0.692. The normalized spacial score (nSPS) is 23.8. The van der Waals surface area contributed by atoms with E-state index in [0.29, 0.717) is 5.71 Å². The minimum Gasteiger partial charge on any atom is -0.477 e. The number of rotatable bonds is 3. The third-order valence-electron chi connectivity index (χ3n) is 3.83. The predicted molar refractivity (Wildman–Crippen MR) is 75.6 cm³/mol. The van der Waals surface area contributed by atoms with Crippen molar-refractivity contribution >= 4 is 21.9 Å². The van der Waals surface area contributed by atoms with Gasteiger partial charge < -0.3 is 5.11 Å². The van der Waals surface area contributed by atoms with Gasteiger partial charge in [-0.3, -0.25) is 0 Å². The minimum atomic E-state index is -3.91. The average molecular weight is 300 g/mol. The lowest BCUT2D eigenvalue weighted by Crippen LogP contribution is -2.37. The Balaban J connectivity index is 2.37. The molecule has 1 heterocycles. The molecule has 0 atom stereocenters. The van der Waals surface area contributed by atoms with E-state index in [1.165, 1.54) is 6.08 Å². The summed E-state index contributed by atoms with van der Waals surface area (Å²) in [4.78, 5) is 11.3. The van der Waals surface area contributed by atoms with Crippen molar-refractivity contribution in [3.05, 3.63) is 11.8 Å². The molecular formula is C13H20N2O4S. The molecule has 1 saturated carbocycles. The van der Waals surface area contributed by atoms with Crippen molar-refractivity contribution in [1.82, 2.24) is 4.31 Å². The van der Waals surface area contributed by atoms with Gasteiger partial charge in [-0.2, -0.15) is 8.42 Å². The van der Waals surface area contributed by atoms with E-state index in [-0.39, 0.29) is 18.2 Å². The zero-order chi connectivity index (χ0) is 14.8. The monoisotopic (exact) mass is 300 g/mol. The maximum atomic E-state index is 12.1. The summed E-state index contributed by atoms with van der Waals surface area (Å²) in [6, 6.07) is 0. The molecule has 2 rings (SSSR count). The van der Waals surface area contributed by atoms with Gasteiger partial charge in [0.05, 0.1) is 5.71 Å². The van der Waals surface area contributed by atoms with Crippen molar-refractivity contribution in [2.75, 3.05) is 6.54 Å². The molecule has 112 valence electrons. The highest BCUT2D eigenvalue weighted by Gasteiger charge is 2.33. The Morgan fingerprint density at radius 2 is 1.95 bits per heavy atom. The van der Waals surface area contributed by atoms with Crippen LogP contribution in [0.4, 0.5) is 0 Å². The molecule has 1 N–H and O–H groups in total. The molecule has 0 radical (unpaired) electrons. The summed E-state index contributed by atoms with van der Waals surface area (Å²) >= 11 is 0. The quantitative estimate of drug-likeness (QED) is 0.807. The number of aliphatic carboxylic acids is 1. The standard InChI is InChI=1S/C13H20N2O4S/c1-2-15-12(13(16)17)9-11(14-20(15,18)19)10-7-5-3-4-6-8-10/h9-10H,2-8H2,1H3,(H,16,17). The van der Waals surface area contributed by atoms with Crippen LogP contribution in [0.2, 0.25) is 0 Å². The van der Waals surface area contributed by atoms with Crippen LogP contribution >= 0.6 is 0 Å². The van der Waals surface area contributed by atoms with Crippen molar-refractivity contribution in [3.8, 4) is 0 Å². The summed E-state index contributed by atoms with van der Waals surface area (Å²) < 4.78 is 28.9. The SMILES string of the molecule is CCN1C(C(=O)O)=CC(C2CCCCCC2)=NS1(=O)=O. The Morgan fingerprint density at radius 1 is 1.35 bits per heavy atom. The Bertz CT molecular complexity index is 543. The highest BCUT2D eigenvalue weighted by molar-refractivity contribution is 7.88. The molecule has 7 heteroatoms. The molecule has 0 aromatic heterocycles. The maximum Gasteiger partial charge on any atom is 0.353 e. The van der Waals surface area contributed by atoms with Crippen LogP contribution in [-0.2, 0) is 15.0 Å². The number of carboxylic acid groups (broad SMARTS) is 1. The Kier molecular flexibility index (Phi) is 4.47. The topological polar surface area (TPSA) is 87.0 Å². The molecule has 1 aliphatic heterocycles. The summed E-state index contributed by atoms with van der Waals surface area (Å²) in [6.45, 7) is 1.67. The lowest BCUT2D eigenvalue weighted by molar-refractivity contribution is -0.133. The summed E-state index contributed by atoms with van der Waals surface area (Å²) in [5, 5.41) is 9.21. The van der Waals surface area contributed by atoms with Crippen LogP contribution in [0.3, 0.4) is 0 Å². The summed E-state index contributed by atoms with van der Waals surface area (Å²) in [7, 11) is -3.91. The molecule has 2 aliphatic rings. The molecule has 0 spiro atoms. The first-order chi connectivity index (χ1) is 9.45. The van der Waals surface area contributed by atoms with Gasteiger partial charge in [0.25, 0.3) is 0 Å². The van der Waals surface area contributed by atoms with Crippen LogP contribution in [-0.4, -0.2) is 36.1 Å².